The third kappa shape index (κ3) is 4.91. The zero-order valence-corrected chi connectivity index (χ0v) is 18.6. The van der Waals surface area contributed by atoms with Crippen LogP contribution in [0.15, 0.2) is 22.4 Å². The number of hydrogen-bond acceptors (Lipinski definition) is 1. The fourth-order valence-corrected chi connectivity index (χ4v) is 5.67. The average Bonchev–Trinajstić information content (AvgIpc) is 2.33. The first-order valence-electron chi connectivity index (χ1n) is 6.76. The van der Waals surface area contributed by atoms with Crippen molar-refractivity contribution in [3.8, 4) is 0 Å². The van der Waals surface area contributed by atoms with Gasteiger partial charge in [-0.3, -0.25) is 0 Å². The van der Waals surface area contributed by atoms with Crippen LogP contribution in [0.25, 0.3) is 0 Å². The van der Waals surface area contributed by atoms with Gasteiger partial charge in [-0.25, -0.2) is 0 Å². The summed E-state index contributed by atoms with van der Waals surface area (Å²) in [6.45, 7) is 21.1. The quantitative estimate of drug-likeness (QED) is 0.526. The second kappa shape index (κ2) is 9.05. The number of halogens is 2. The molecule has 0 aromatic heterocycles. The van der Waals surface area contributed by atoms with E-state index in [0.29, 0.717) is 5.92 Å². The normalized spacial score (nSPS) is 18.6. The van der Waals surface area contributed by atoms with Crippen LogP contribution in [0.2, 0.25) is 13.1 Å². The van der Waals surface area contributed by atoms with Crippen LogP contribution < -0.4 is 24.8 Å². The smallest absolute Gasteiger partial charge is 0.134 e. The molecule has 0 amide bonds. The van der Waals surface area contributed by atoms with Gasteiger partial charge in [0.25, 0.3) is 0 Å². The molecule has 0 saturated heterocycles. The van der Waals surface area contributed by atoms with Gasteiger partial charge < -0.3 is 29.4 Å². The van der Waals surface area contributed by atoms with E-state index in [1.165, 1.54) is 11.1 Å². The molecule has 1 unspecified atom stereocenters. The van der Waals surface area contributed by atoms with Gasteiger partial charge in [0.1, 0.15) is 8.96 Å². The molecule has 20 heavy (non-hydrogen) atoms. The molecule has 1 rings (SSSR count). The van der Waals surface area contributed by atoms with Gasteiger partial charge in [-0.15, -0.1) is 0 Å². The fourth-order valence-electron chi connectivity index (χ4n) is 3.15. The third-order valence-electron chi connectivity index (χ3n) is 4.10. The summed E-state index contributed by atoms with van der Waals surface area (Å²) in [6.07, 6.45) is 0. The minimum atomic E-state index is -0.846. The molecule has 0 aromatic rings. The van der Waals surface area contributed by atoms with E-state index in [2.05, 4.69) is 66.1 Å². The zero-order chi connectivity index (χ0) is 13.5. The molecule has 1 aliphatic carbocycles. The monoisotopic (exact) mass is 369 g/mol. The molecule has 0 fully saturated rings. The van der Waals surface area contributed by atoms with Crippen molar-refractivity contribution in [1.82, 2.24) is 4.57 Å². The summed E-state index contributed by atoms with van der Waals surface area (Å²) >= 11 is 0. The Kier molecular flexibility index (Phi) is 11.6. The minimum absolute atomic E-state index is 0. The Morgan fingerprint density at radius 2 is 1.35 bits per heavy atom. The maximum atomic E-state index is 2.73. The molecule has 0 N–H and O–H groups in total. The van der Waals surface area contributed by atoms with Gasteiger partial charge >= 0.3 is 0 Å². The molecule has 0 spiro atoms. The Labute approximate surface area is 155 Å². The number of allylic oxidation sites excluding steroid dienone is 3. The Morgan fingerprint density at radius 3 is 1.55 bits per heavy atom. The molecule has 5 heteroatoms. The molecule has 0 radical (unpaired) electrons. The first-order valence-corrected chi connectivity index (χ1v) is 9.59. The van der Waals surface area contributed by atoms with Crippen molar-refractivity contribution in [1.29, 1.82) is 0 Å². The van der Waals surface area contributed by atoms with Gasteiger partial charge in [0, 0.05) is 38.9 Å². The van der Waals surface area contributed by atoms with Crippen LogP contribution in [0, 0.1) is 5.92 Å². The van der Waals surface area contributed by atoms with E-state index in [4.69, 9.17) is 0 Å². The van der Waals surface area contributed by atoms with Crippen molar-refractivity contribution < 1.29 is 46.5 Å². The third-order valence-corrected chi connectivity index (χ3v) is 6.18. The number of nitrogens with zero attached hydrogens (tertiary/aromatic N) is 1. The van der Waals surface area contributed by atoms with Crippen molar-refractivity contribution in [2.24, 2.45) is 5.92 Å². The van der Waals surface area contributed by atoms with E-state index in [1.807, 2.05) is 0 Å². The van der Waals surface area contributed by atoms with Crippen molar-refractivity contribution in [2.75, 3.05) is 0 Å². The van der Waals surface area contributed by atoms with Crippen LogP contribution in [0.1, 0.15) is 48.5 Å². The van der Waals surface area contributed by atoms with Crippen LogP contribution >= 0.6 is 0 Å². The Balaban J connectivity index is -0.000000963. The Morgan fingerprint density at radius 1 is 0.950 bits per heavy atom. The zero-order valence-electron chi connectivity index (χ0n) is 14.4. The second-order valence-corrected chi connectivity index (χ2v) is 9.38. The van der Waals surface area contributed by atoms with Crippen LogP contribution in [0.4, 0.5) is 0 Å². The van der Waals surface area contributed by atoms with Crippen molar-refractivity contribution >= 4 is 8.96 Å². The molecule has 0 heterocycles. The van der Waals surface area contributed by atoms with Crippen molar-refractivity contribution in [2.45, 2.75) is 67.1 Å². The van der Waals surface area contributed by atoms with E-state index in [1.54, 1.807) is 11.3 Å². The summed E-state index contributed by atoms with van der Waals surface area (Å²) in [6, 6.07) is 0. The van der Waals surface area contributed by atoms with Crippen LogP contribution in [-0.2, 0) is 21.7 Å². The van der Waals surface area contributed by atoms with E-state index in [0.717, 1.165) is 0 Å². The first-order chi connectivity index (χ1) is 7.59. The minimum Gasteiger partial charge on any atom is -1.00 e. The maximum Gasteiger partial charge on any atom is 0.134 e. The molecular weight excluding hydrogens is 341 g/mol. The largest absolute Gasteiger partial charge is 1.00 e. The Bertz CT molecular complexity index is 384. The van der Waals surface area contributed by atoms with Crippen molar-refractivity contribution in [3.05, 3.63) is 22.4 Å². The predicted octanol–water partition coefficient (Wildman–Crippen LogP) is -1.66. The van der Waals surface area contributed by atoms with E-state index in [-0.39, 0.29) is 52.1 Å². The summed E-state index contributed by atoms with van der Waals surface area (Å²) in [5, 5.41) is 0. The Hall–Kier alpha value is 0.791. The van der Waals surface area contributed by atoms with Crippen LogP contribution in [0.5, 0.6) is 0 Å². The van der Waals surface area contributed by atoms with Crippen LogP contribution in [-0.4, -0.2) is 19.1 Å². The van der Waals surface area contributed by atoms with Crippen LogP contribution in [0.3, 0.4) is 0 Å². The molecule has 1 nitrogen and oxygen atoms in total. The molecule has 0 aromatic carbocycles. The molecule has 0 bridgehead atoms. The summed E-state index contributed by atoms with van der Waals surface area (Å²) in [7, 11) is -0.846. The molecule has 1 aliphatic rings. The predicted molar refractivity (Wildman–Crippen MR) is 80.7 cm³/mol. The van der Waals surface area contributed by atoms with Gasteiger partial charge in [-0.05, 0) is 52.7 Å². The first kappa shape index (κ1) is 25.7. The topological polar surface area (TPSA) is 3.24 Å². The number of hydrogen-bond donors (Lipinski definition) is 0. The second-order valence-electron chi connectivity index (χ2n) is 6.67. The van der Waals surface area contributed by atoms with Gasteiger partial charge in [-0.1, -0.05) is 25.6 Å². The van der Waals surface area contributed by atoms with Crippen molar-refractivity contribution in [3.63, 3.8) is 0 Å². The van der Waals surface area contributed by atoms with Gasteiger partial charge in [0.2, 0.25) is 0 Å². The summed E-state index contributed by atoms with van der Waals surface area (Å²) in [5.41, 5.74) is 6.42. The summed E-state index contributed by atoms with van der Waals surface area (Å²) < 4.78 is 2.73. The SMILES string of the molecule is CC1=C(C)C(C)C(N([SiH](C)C)C(C)(C)C)=C1C.[Cl-].[Cl-].[Ti]. The average molecular weight is 370 g/mol. The molecule has 1 atom stereocenters. The molecule has 0 saturated carbocycles. The summed E-state index contributed by atoms with van der Waals surface area (Å²) in [4.78, 5) is 0. The fraction of sp³-hybridized carbons (Fsp3) is 0.733. The van der Waals surface area contributed by atoms with Gasteiger partial charge in [0.15, 0.2) is 0 Å². The molecule has 0 aliphatic heterocycles. The van der Waals surface area contributed by atoms with Gasteiger partial charge in [0.05, 0.1) is 0 Å². The molecular formula is C15H29Cl2NSiTi-2. The van der Waals surface area contributed by atoms with E-state index >= 15 is 0 Å². The maximum absolute atomic E-state index is 2.73. The van der Waals surface area contributed by atoms with Gasteiger partial charge in [-0.2, -0.15) is 0 Å². The van der Waals surface area contributed by atoms with E-state index < -0.39 is 8.96 Å². The number of rotatable bonds is 2. The van der Waals surface area contributed by atoms with E-state index in [9.17, 15) is 0 Å². The standard InChI is InChI=1S/C15H29NSi.2ClH.Ti/c1-10-11(2)13(4)14(12(10)3)16(17(8)9)15(5,6)7;;;/h12,17H,1-9H3;2*1H;/p-2. The summed E-state index contributed by atoms with van der Waals surface area (Å²) in [5.74, 6) is 0.601. The molecule has 118 valence electrons.